The standard InChI is InChI=1S/C54H31B10N/c1-3-41(55)45(35-18-9-6-10-19-35)48(59)43(57)30-65(54-52(63)50(61)47(51(62)53(54)64)36-27-25-33(26-28-36)32-15-7-5-8-16-32)31-44(58)49(60)46(42(56)4-2)38-22-13-21-37(29-38)40-24-14-20-34-17-11-12-23-39(34)40/h1-2,5-29H,30-31H2/b45-41+,46-42+,48-43-,49-44-. The quantitative estimate of drug-likeness (QED) is 0.0917. The summed E-state index contributed by atoms with van der Waals surface area (Å²) in [6.07, 6.45) is 11.8. The highest BCUT2D eigenvalue weighted by Crippen LogP contribution is 2.34. The van der Waals surface area contributed by atoms with Crippen molar-refractivity contribution in [1.29, 1.82) is 0 Å². The molecule has 0 aliphatic heterocycles. The van der Waals surface area contributed by atoms with Crippen molar-refractivity contribution in [2.45, 2.75) is 0 Å². The monoisotopic (exact) mass is 803 g/mol. The largest absolute Gasteiger partial charge is 0.366 e. The molecule has 1 nitrogen and oxygen atoms in total. The molecule has 0 N–H and O–H groups in total. The van der Waals surface area contributed by atoms with Gasteiger partial charge in [0.15, 0.2) is 0 Å². The third-order valence-corrected chi connectivity index (χ3v) is 11.3. The molecule has 20 radical (unpaired) electrons. The molecule has 7 aromatic carbocycles. The molecule has 11 heteroatoms. The first-order valence-corrected chi connectivity index (χ1v) is 20.6. The van der Waals surface area contributed by atoms with Crippen LogP contribution in [0.15, 0.2) is 184 Å². The smallest absolute Gasteiger partial charge is 0.127 e. The van der Waals surface area contributed by atoms with Crippen molar-refractivity contribution in [2.24, 2.45) is 0 Å². The van der Waals surface area contributed by atoms with E-state index in [-0.39, 0.29) is 73.5 Å². The van der Waals surface area contributed by atoms with Gasteiger partial charge in [-0.3, -0.25) is 0 Å². The van der Waals surface area contributed by atoms with E-state index in [1.54, 1.807) is 4.90 Å². The third kappa shape index (κ3) is 9.73. The van der Waals surface area contributed by atoms with E-state index in [2.05, 4.69) is 36.1 Å². The van der Waals surface area contributed by atoms with E-state index < -0.39 is 0 Å². The summed E-state index contributed by atoms with van der Waals surface area (Å²) in [5.41, 5.74) is 8.60. The summed E-state index contributed by atoms with van der Waals surface area (Å²) < 4.78 is 0. The van der Waals surface area contributed by atoms with Gasteiger partial charge in [-0.2, -0.15) is 0 Å². The average molecular weight is 802 g/mol. The molecule has 7 rings (SSSR count). The van der Waals surface area contributed by atoms with Gasteiger partial charge in [0, 0.05) is 18.8 Å². The minimum Gasteiger partial charge on any atom is -0.366 e. The van der Waals surface area contributed by atoms with Crippen molar-refractivity contribution < 1.29 is 0 Å². The van der Waals surface area contributed by atoms with Gasteiger partial charge in [-0.25, -0.2) is 0 Å². The first kappa shape index (κ1) is 46.3. The molecule has 0 aromatic heterocycles. The molecule has 0 amide bonds. The van der Waals surface area contributed by atoms with Crippen LogP contribution in [0.3, 0.4) is 0 Å². The van der Waals surface area contributed by atoms with Crippen molar-refractivity contribution in [2.75, 3.05) is 18.0 Å². The van der Waals surface area contributed by atoms with Gasteiger partial charge in [0.05, 0.1) is 0 Å². The summed E-state index contributed by atoms with van der Waals surface area (Å²) in [6.45, 7) is -0.274. The van der Waals surface area contributed by atoms with Gasteiger partial charge in [-0.15, -0.1) is 23.8 Å². The molecule has 0 fully saturated rings. The van der Waals surface area contributed by atoms with Crippen molar-refractivity contribution in [3.63, 3.8) is 0 Å². The maximum Gasteiger partial charge on any atom is 0.127 e. The van der Waals surface area contributed by atoms with Crippen LogP contribution in [0.1, 0.15) is 11.1 Å². The Labute approximate surface area is 397 Å². The minimum atomic E-state index is -0.141. The van der Waals surface area contributed by atoms with Gasteiger partial charge in [0.2, 0.25) is 0 Å². The molecular weight excluding hydrogens is 771 g/mol. The lowest BCUT2D eigenvalue weighted by molar-refractivity contribution is 0.943. The molecule has 0 heterocycles. The fourth-order valence-electron chi connectivity index (χ4n) is 8.02. The van der Waals surface area contributed by atoms with Crippen LogP contribution >= 0.6 is 0 Å². The molecule has 282 valence electrons. The molecule has 0 aliphatic carbocycles. The van der Waals surface area contributed by atoms with E-state index >= 15 is 0 Å². The molecule has 0 spiro atoms. The number of hydrogen-bond donors (Lipinski definition) is 0. The number of allylic oxidation sites excluding steroid dienone is 6. The summed E-state index contributed by atoms with van der Waals surface area (Å²) in [7, 11) is 68.4. The van der Waals surface area contributed by atoms with Crippen LogP contribution in [0.2, 0.25) is 0 Å². The predicted molar refractivity (Wildman–Crippen MR) is 287 cm³/mol. The number of rotatable bonds is 12. The highest BCUT2D eigenvalue weighted by Gasteiger charge is 2.22. The van der Waals surface area contributed by atoms with E-state index in [0.717, 1.165) is 33.0 Å². The predicted octanol–water partition coefficient (Wildman–Crippen LogP) is 5.35. The Morgan fingerprint density at radius 2 is 0.892 bits per heavy atom. The van der Waals surface area contributed by atoms with E-state index in [0.29, 0.717) is 33.4 Å². The van der Waals surface area contributed by atoms with E-state index in [1.807, 2.05) is 127 Å². The van der Waals surface area contributed by atoms with Crippen molar-refractivity contribution in [3.05, 3.63) is 196 Å². The first-order chi connectivity index (χ1) is 31.3. The lowest BCUT2D eigenvalue weighted by Crippen LogP contribution is -2.49. The van der Waals surface area contributed by atoms with Crippen molar-refractivity contribution in [3.8, 4) is 58.1 Å². The number of nitrogens with zero attached hydrogens (tertiary/aromatic N) is 1. The molecular formula is C54H31B10N. The van der Waals surface area contributed by atoms with Gasteiger partial charge in [0.25, 0.3) is 0 Å². The molecule has 0 unspecified atom stereocenters. The highest BCUT2D eigenvalue weighted by atomic mass is 15.1. The van der Waals surface area contributed by atoms with Gasteiger partial charge in [0.1, 0.15) is 78.5 Å². The van der Waals surface area contributed by atoms with Crippen molar-refractivity contribution in [1.82, 2.24) is 0 Å². The van der Waals surface area contributed by atoms with Gasteiger partial charge >= 0.3 is 0 Å². The van der Waals surface area contributed by atoms with Crippen LogP contribution in [0.25, 0.3) is 55.3 Å². The summed E-state index contributed by atoms with van der Waals surface area (Å²) in [5, 5.41) is 2.17. The number of fused-ring (bicyclic) bond motifs is 1. The summed E-state index contributed by atoms with van der Waals surface area (Å²) in [4.78, 5) is 1.69. The number of benzene rings is 7. The SMILES string of the molecule is [B]/C(CN(C/C([B])=C([B])\C(=C(\[B])C#C)c1cccc(-c2cccc3ccccc23)c1)c1c([B])c([B])c(-c2ccc(-c3ccccc3)cc2)c([B])c1[B])=C([B])/C(=C(/[B])C#C)c1ccccc1. The van der Waals surface area contributed by atoms with E-state index in [9.17, 15) is 0 Å². The zero-order valence-electron chi connectivity index (χ0n) is 35.7. The summed E-state index contributed by atoms with van der Waals surface area (Å²) in [5.74, 6) is 5.05. The van der Waals surface area contributed by atoms with Gasteiger partial charge in [-0.05, 0) is 83.4 Å². The zero-order valence-corrected chi connectivity index (χ0v) is 35.7. The number of terminal acetylenes is 2. The molecule has 0 saturated heterocycles. The average Bonchev–Trinajstić information content (AvgIpc) is 3.34. The summed E-state index contributed by atoms with van der Waals surface area (Å²) in [6, 6.07) is 48.9. The Bertz CT molecular complexity index is 3120. The Kier molecular flexibility index (Phi) is 14.6. The van der Waals surface area contributed by atoms with E-state index in [1.165, 1.54) is 0 Å². The van der Waals surface area contributed by atoms with Gasteiger partial charge < -0.3 is 4.90 Å². The molecule has 7 aromatic rings. The Morgan fingerprint density at radius 3 is 1.48 bits per heavy atom. The van der Waals surface area contributed by atoms with Gasteiger partial charge in [-0.1, -0.05) is 190 Å². The molecule has 0 bridgehead atoms. The van der Waals surface area contributed by atoms with Crippen LogP contribution < -0.4 is 26.8 Å². The molecule has 0 aliphatic rings. The van der Waals surface area contributed by atoms with Crippen LogP contribution in [0.4, 0.5) is 5.69 Å². The second-order valence-electron chi connectivity index (χ2n) is 15.4. The first-order valence-electron chi connectivity index (χ1n) is 20.6. The number of hydrogen-bond acceptors (Lipinski definition) is 1. The van der Waals surface area contributed by atoms with Crippen LogP contribution in [-0.4, -0.2) is 91.6 Å². The lowest BCUT2D eigenvalue weighted by atomic mass is 9.64. The minimum absolute atomic E-state index is 0.0632. The maximum atomic E-state index is 7.01. The Hall–Kier alpha value is -6.67. The third-order valence-electron chi connectivity index (χ3n) is 11.3. The fraction of sp³-hybridized carbons (Fsp3) is 0.0370. The highest BCUT2D eigenvalue weighted by molar-refractivity contribution is 6.62. The van der Waals surface area contributed by atoms with Crippen molar-refractivity contribution >= 4 is 128 Å². The van der Waals surface area contributed by atoms with E-state index in [4.69, 9.17) is 91.3 Å². The second kappa shape index (κ2) is 20.4. The molecule has 0 saturated carbocycles. The van der Waals surface area contributed by atoms with Crippen LogP contribution in [0.5, 0.6) is 0 Å². The second-order valence-corrected chi connectivity index (χ2v) is 15.4. The van der Waals surface area contributed by atoms with Crippen LogP contribution in [-0.2, 0) is 0 Å². The van der Waals surface area contributed by atoms with Crippen LogP contribution in [0, 0.1) is 24.7 Å². The molecule has 65 heavy (non-hydrogen) atoms. The zero-order chi connectivity index (χ0) is 46.4. The Morgan fingerprint density at radius 1 is 0.446 bits per heavy atom. The molecule has 0 atom stereocenters. The maximum absolute atomic E-state index is 7.01. The lowest BCUT2D eigenvalue weighted by Gasteiger charge is -2.35. The number of anilines is 1. The summed E-state index contributed by atoms with van der Waals surface area (Å²) >= 11 is 0. The normalized spacial score (nSPS) is 12.8. The fourth-order valence-corrected chi connectivity index (χ4v) is 8.02. The Balaban J connectivity index is 1.36. The topological polar surface area (TPSA) is 3.24 Å².